The number of thioether (sulfide) groups is 1. The van der Waals surface area contributed by atoms with Crippen LogP contribution in [0.3, 0.4) is 0 Å². The number of halogens is 1. The van der Waals surface area contributed by atoms with Crippen LogP contribution < -0.4 is 15.9 Å². The molecular formula is C19H20ClN5O2S. The Morgan fingerprint density at radius 1 is 1.29 bits per heavy atom. The van der Waals surface area contributed by atoms with E-state index < -0.39 is 5.25 Å². The summed E-state index contributed by atoms with van der Waals surface area (Å²) in [5.74, 6) is 7.34. The van der Waals surface area contributed by atoms with Crippen LogP contribution in [0, 0.1) is 0 Å². The first-order valence-corrected chi connectivity index (χ1v) is 9.77. The Balaban J connectivity index is 1.63. The molecule has 2 aromatic carbocycles. The number of anilines is 1. The molecule has 0 radical (unpaired) electrons. The third-order valence-electron chi connectivity index (χ3n) is 4.00. The lowest BCUT2D eigenvalue weighted by Crippen LogP contribution is -2.24. The molecule has 3 aromatic rings. The molecule has 9 heteroatoms. The first kappa shape index (κ1) is 20.0. The maximum atomic E-state index is 12.4. The summed E-state index contributed by atoms with van der Waals surface area (Å²) >= 11 is 7.18. The van der Waals surface area contributed by atoms with Crippen LogP contribution in [-0.4, -0.2) is 33.1 Å². The lowest BCUT2D eigenvalue weighted by Gasteiger charge is -2.11. The van der Waals surface area contributed by atoms with E-state index in [2.05, 4.69) is 15.5 Å². The first-order chi connectivity index (χ1) is 13.5. The number of methoxy groups -OCH3 is 1. The SMILES string of the molecule is COc1ccc(Cc2nnc(S[C@@H](C)C(=O)Nc3cccc(Cl)c3)n2N)cc1. The zero-order valence-corrected chi connectivity index (χ0v) is 17.0. The fourth-order valence-corrected chi connectivity index (χ4v) is 3.44. The molecule has 7 nitrogen and oxygen atoms in total. The summed E-state index contributed by atoms with van der Waals surface area (Å²) in [6, 6.07) is 14.6. The van der Waals surface area contributed by atoms with Gasteiger partial charge in [-0.05, 0) is 42.8 Å². The molecule has 0 saturated heterocycles. The molecule has 0 saturated carbocycles. The van der Waals surface area contributed by atoms with Crippen molar-refractivity contribution in [3.05, 3.63) is 64.9 Å². The number of hydrogen-bond acceptors (Lipinski definition) is 6. The van der Waals surface area contributed by atoms with Crippen molar-refractivity contribution in [1.29, 1.82) is 0 Å². The number of nitrogens with two attached hydrogens (primary N) is 1. The molecule has 3 N–H and O–H groups in total. The number of nitrogens with zero attached hydrogens (tertiary/aromatic N) is 3. The minimum Gasteiger partial charge on any atom is -0.497 e. The maximum absolute atomic E-state index is 12.4. The van der Waals surface area contributed by atoms with Crippen molar-refractivity contribution < 1.29 is 9.53 Å². The van der Waals surface area contributed by atoms with Crippen molar-refractivity contribution in [2.45, 2.75) is 23.8 Å². The van der Waals surface area contributed by atoms with Gasteiger partial charge in [0, 0.05) is 17.1 Å². The molecular weight excluding hydrogens is 398 g/mol. The Hall–Kier alpha value is -2.71. The lowest BCUT2D eigenvalue weighted by molar-refractivity contribution is -0.115. The van der Waals surface area contributed by atoms with Crippen LogP contribution in [0.5, 0.6) is 5.75 Å². The summed E-state index contributed by atoms with van der Waals surface area (Å²) in [5.41, 5.74) is 1.67. The Morgan fingerprint density at radius 3 is 2.71 bits per heavy atom. The van der Waals surface area contributed by atoms with E-state index in [-0.39, 0.29) is 5.91 Å². The summed E-state index contributed by atoms with van der Waals surface area (Å²) in [5, 5.41) is 11.7. The Morgan fingerprint density at radius 2 is 2.04 bits per heavy atom. The van der Waals surface area contributed by atoms with Crippen molar-refractivity contribution >= 4 is 35.0 Å². The molecule has 1 atom stereocenters. The molecule has 0 spiro atoms. The molecule has 3 rings (SSSR count). The van der Waals surface area contributed by atoms with Crippen LogP contribution in [0.15, 0.2) is 53.7 Å². The van der Waals surface area contributed by atoms with Gasteiger partial charge in [0.1, 0.15) is 5.75 Å². The Bertz CT molecular complexity index is 961. The topological polar surface area (TPSA) is 95.1 Å². The van der Waals surface area contributed by atoms with E-state index in [0.29, 0.717) is 28.1 Å². The molecule has 0 fully saturated rings. The van der Waals surface area contributed by atoms with Gasteiger partial charge in [-0.1, -0.05) is 41.6 Å². The van der Waals surface area contributed by atoms with Crippen LogP contribution in [0.2, 0.25) is 5.02 Å². The normalized spacial score (nSPS) is 11.8. The van der Waals surface area contributed by atoms with E-state index in [4.69, 9.17) is 22.2 Å². The summed E-state index contributed by atoms with van der Waals surface area (Å²) < 4.78 is 6.57. The average molecular weight is 418 g/mol. The van der Waals surface area contributed by atoms with Gasteiger partial charge in [0.2, 0.25) is 11.1 Å². The van der Waals surface area contributed by atoms with Crippen LogP contribution in [0.1, 0.15) is 18.3 Å². The summed E-state index contributed by atoms with van der Waals surface area (Å²) in [4.78, 5) is 12.4. The van der Waals surface area contributed by atoms with Gasteiger partial charge in [-0.3, -0.25) is 4.79 Å². The maximum Gasteiger partial charge on any atom is 0.237 e. The highest BCUT2D eigenvalue weighted by atomic mass is 35.5. The number of carbonyl (C=O) groups is 1. The number of ether oxygens (including phenoxy) is 1. The molecule has 146 valence electrons. The highest BCUT2D eigenvalue weighted by Crippen LogP contribution is 2.23. The second-order valence-corrected chi connectivity index (χ2v) is 7.80. The number of amides is 1. The van der Waals surface area contributed by atoms with Gasteiger partial charge >= 0.3 is 0 Å². The molecule has 0 aliphatic heterocycles. The number of hydrogen-bond donors (Lipinski definition) is 2. The van der Waals surface area contributed by atoms with E-state index in [1.807, 2.05) is 24.3 Å². The second kappa shape index (κ2) is 8.99. The molecule has 0 aliphatic rings. The van der Waals surface area contributed by atoms with Crippen molar-refractivity contribution in [2.24, 2.45) is 0 Å². The van der Waals surface area contributed by atoms with Crippen LogP contribution in [0.25, 0.3) is 0 Å². The predicted molar refractivity (Wildman–Crippen MR) is 111 cm³/mol. The molecule has 28 heavy (non-hydrogen) atoms. The van der Waals surface area contributed by atoms with E-state index >= 15 is 0 Å². The quantitative estimate of drug-likeness (QED) is 0.452. The largest absolute Gasteiger partial charge is 0.497 e. The van der Waals surface area contributed by atoms with Gasteiger partial charge in [-0.25, -0.2) is 4.68 Å². The molecule has 1 heterocycles. The average Bonchev–Trinajstić information content (AvgIpc) is 3.02. The lowest BCUT2D eigenvalue weighted by atomic mass is 10.1. The first-order valence-electron chi connectivity index (χ1n) is 8.51. The van der Waals surface area contributed by atoms with Crippen LogP contribution >= 0.6 is 23.4 Å². The molecule has 0 bridgehead atoms. The van der Waals surface area contributed by atoms with E-state index in [1.165, 1.54) is 16.4 Å². The monoisotopic (exact) mass is 417 g/mol. The minimum atomic E-state index is -0.417. The van der Waals surface area contributed by atoms with Gasteiger partial charge < -0.3 is 15.9 Å². The third kappa shape index (κ3) is 4.96. The Kier molecular flexibility index (Phi) is 6.43. The minimum absolute atomic E-state index is 0.174. The van der Waals surface area contributed by atoms with E-state index in [1.54, 1.807) is 38.3 Å². The van der Waals surface area contributed by atoms with Gasteiger partial charge in [0.15, 0.2) is 5.82 Å². The van der Waals surface area contributed by atoms with Crippen LogP contribution in [-0.2, 0) is 11.2 Å². The van der Waals surface area contributed by atoms with Crippen molar-refractivity contribution in [3.8, 4) is 5.75 Å². The number of carbonyl (C=O) groups excluding carboxylic acids is 1. The highest BCUT2D eigenvalue weighted by Gasteiger charge is 2.19. The number of nitrogens with one attached hydrogen (secondary N) is 1. The van der Waals surface area contributed by atoms with Crippen molar-refractivity contribution in [2.75, 3.05) is 18.3 Å². The van der Waals surface area contributed by atoms with E-state index in [9.17, 15) is 4.79 Å². The predicted octanol–water partition coefficient (Wildman–Crippen LogP) is 3.36. The van der Waals surface area contributed by atoms with Crippen LogP contribution in [0.4, 0.5) is 5.69 Å². The van der Waals surface area contributed by atoms with Gasteiger partial charge in [-0.2, -0.15) is 0 Å². The van der Waals surface area contributed by atoms with Gasteiger partial charge in [0.05, 0.1) is 12.4 Å². The standard InChI is InChI=1S/C19H20ClN5O2S/c1-12(18(26)22-15-5-3-4-14(20)11-15)28-19-24-23-17(25(19)21)10-13-6-8-16(27-2)9-7-13/h3-9,11-12H,10,21H2,1-2H3,(H,22,26)/t12-/m0/s1. The van der Waals surface area contributed by atoms with Gasteiger partial charge in [0.25, 0.3) is 0 Å². The molecule has 1 amide bonds. The number of rotatable bonds is 7. The molecule has 0 unspecified atom stereocenters. The zero-order valence-electron chi connectivity index (χ0n) is 15.4. The number of nitrogen functional groups attached to an aromatic ring is 1. The fraction of sp³-hybridized carbons (Fsp3) is 0.211. The third-order valence-corrected chi connectivity index (χ3v) is 5.29. The molecule has 0 aliphatic carbocycles. The molecule has 1 aromatic heterocycles. The Labute approximate surface area is 172 Å². The number of aromatic nitrogens is 3. The van der Waals surface area contributed by atoms with Crippen molar-refractivity contribution in [1.82, 2.24) is 14.9 Å². The summed E-state index contributed by atoms with van der Waals surface area (Å²) in [6.45, 7) is 1.78. The number of benzene rings is 2. The summed E-state index contributed by atoms with van der Waals surface area (Å²) in [6.07, 6.45) is 0.525. The summed E-state index contributed by atoms with van der Waals surface area (Å²) in [7, 11) is 1.62. The highest BCUT2D eigenvalue weighted by molar-refractivity contribution is 8.00. The smallest absolute Gasteiger partial charge is 0.237 e. The zero-order chi connectivity index (χ0) is 20.1. The van der Waals surface area contributed by atoms with E-state index in [0.717, 1.165) is 11.3 Å². The second-order valence-electron chi connectivity index (χ2n) is 6.05. The fourth-order valence-electron chi connectivity index (χ4n) is 2.46. The van der Waals surface area contributed by atoms with Crippen molar-refractivity contribution in [3.63, 3.8) is 0 Å². The van der Waals surface area contributed by atoms with Gasteiger partial charge in [-0.15, -0.1) is 10.2 Å².